The number of fused-ring (bicyclic) bond motifs is 5. The molecule has 2 aliphatic heterocycles. The molecular weight excluding hydrogens is 444 g/mol. The van der Waals surface area contributed by atoms with Crippen molar-refractivity contribution in [3.63, 3.8) is 0 Å². The van der Waals surface area contributed by atoms with Crippen molar-refractivity contribution in [1.82, 2.24) is 15.2 Å². The minimum absolute atomic E-state index is 0.166. The van der Waals surface area contributed by atoms with Crippen LogP contribution in [0.4, 0.5) is 10.5 Å². The molecule has 1 saturated heterocycles. The highest BCUT2D eigenvalue weighted by atomic mass is 16.5. The number of carbonyl (C=O) groups is 3. The molecule has 2 aromatic carbocycles. The van der Waals surface area contributed by atoms with Crippen LogP contribution < -0.4 is 10.2 Å². The third-order valence-corrected chi connectivity index (χ3v) is 6.91. The molecule has 3 aromatic rings. The van der Waals surface area contributed by atoms with Crippen LogP contribution in [0.15, 0.2) is 48.5 Å². The Morgan fingerprint density at radius 2 is 1.89 bits per heavy atom. The van der Waals surface area contributed by atoms with Gasteiger partial charge in [0.05, 0.1) is 17.5 Å². The number of H-pyrrole nitrogens is 1. The number of hydrogen-bond donors (Lipinski definition) is 2. The number of ether oxygens (including phenoxy) is 1. The Balaban J connectivity index is 1.35. The fourth-order valence-electron chi connectivity index (χ4n) is 5.08. The Morgan fingerprint density at radius 3 is 2.63 bits per heavy atom. The number of nitrogens with zero attached hydrogens (tertiary/aromatic N) is 2. The van der Waals surface area contributed by atoms with E-state index in [4.69, 9.17) is 4.74 Å². The number of urea groups is 1. The first-order valence-electron chi connectivity index (χ1n) is 12.1. The quantitative estimate of drug-likeness (QED) is 0.400. The van der Waals surface area contributed by atoms with Crippen LogP contribution in [0.25, 0.3) is 10.9 Å². The Morgan fingerprint density at radius 1 is 1.14 bits per heavy atom. The second-order valence-electron chi connectivity index (χ2n) is 9.50. The lowest BCUT2D eigenvalue weighted by Gasteiger charge is -2.35. The third kappa shape index (κ3) is 3.78. The molecule has 35 heavy (non-hydrogen) atoms. The molecular formula is C27H30N4O4. The van der Waals surface area contributed by atoms with E-state index in [9.17, 15) is 14.4 Å². The Hall–Kier alpha value is -3.65. The zero-order valence-corrected chi connectivity index (χ0v) is 20.3. The smallest absolute Gasteiger partial charge is 0.332 e. The normalized spacial score (nSPS) is 19.4. The number of aromatic nitrogens is 1. The maximum absolute atomic E-state index is 13.7. The summed E-state index contributed by atoms with van der Waals surface area (Å²) in [6, 6.07) is 14.2. The van der Waals surface area contributed by atoms with E-state index in [2.05, 4.69) is 10.3 Å². The summed E-state index contributed by atoms with van der Waals surface area (Å²) in [6.07, 6.45) is 1.57. The maximum Gasteiger partial charge on any atom is 0.332 e. The predicted octanol–water partition coefficient (Wildman–Crippen LogP) is 3.95. The molecule has 1 atom stereocenters. The molecule has 0 bridgehead atoms. The molecule has 3 heterocycles. The lowest BCUT2D eigenvalue weighted by molar-refractivity contribution is -0.125. The fourth-order valence-corrected chi connectivity index (χ4v) is 5.08. The van der Waals surface area contributed by atoms with Crippen molar-refractivity contribution in [3.05, 3.63) is 65.4 Å². The van der Waals surface area contributed by atoms with Crippen LogP contribution in [0.5, 0.6) is 0 Å². The summed E-state index contributed by atoms with van der Waals surface area (Å²) in [5.41, 5.74) is 2.66. The molecule has 8 nitrogen and oxygen atoms in total. The summed E-state index contributed by atoms with van der Waals surface area (Å²) >= 11 is 0. The van der Waals surface area contributed by atoms with Crippen molar-refractivity contribution in [2.75, 3.05) is 24.6 Å². The van der Waals surface area contributed by atoms with E-state index >= 15 is 0 Å². The molecule has 0 aliphatic carbocycles. The number of benzene rings is 2. The molecule has 0 radical (unpaired) electrons. The summed E-state index contributed by atoms with van der Waals surface area (Å²) in [7, 11) is 0. The van der Waals surface area contributed by atoms with Crippen LogP contribution in [0.3, 0.4) is 0 Å². The number of imide groups is 1. The third-order valence-electron chi connectivity index (χ3n) is 6.91. The number of hydrogen-bond acceptors (Lipinski definition) is 4. The number of aromatic amines is 1. The van der Waals surface area contributed by atoms with Gasteiger partial charge in [0.2, 0.25) is 0 Å². The lowest BCUT2D eigenvalue weighted by atomic mass is 9.87. The van der Waals surface area contributed by atoms with Gasteiger partial charge >= 0.3 is 6.03 Å². The number of carbonyl (C=O) groups excluding carboxylic acids is 3. The van der Waals surface area contributed by atoms with Gasteiger partial charge in [0.25, 0.3) is 11.8 Å². The lowest BCUT2D eigenvalue weighted by Crippen LogP contribution is -2.49. The van der Waals surface area contributed by atoms with Crippen molar-refractivity contribution in [1.29, 1.82) is 0 Å². The predicted molar refractivity (Wildman–Crippen MR) is 133 cm³/mol. The number of amides is 4. The van der Waals surface area contributed by atoms with Crippen LogP contribution in [0.2, 0.25) is 0 Å². The van der Waals surface area contributed by atoms with Gasteiger partial charge in [-0.3, -0.25) is 9.59 Å². The maximum atomic E-state index is 13.7. The minimum Gasteiger partial charge on any atom is -0.379 e. The van der Waals surface area contributed by atoms with Gasteiger partial charge in [-0.25, -0.2) is 9.69 Å². The second-order valence-corrected chi connectivity index (χ2v) is 9.50. The van der Waals surface area contributed by atoms with Gasteiger partial charge in [-0.05, 0) is 69.5 Å². The largest absolute Gasteiger partial charge is 0.379 e. The highest BCUT2D eigenvalue weighted by Gasteiger charge is 2.58. The fraction of sp³-hybridized carbons (Fsp3) is 0.370. The topological polar surface area (TPSA) is 94.7 Å². The van der Waals surface area contributed by atoms with E-state index in [0.29, 0.717) is 37.4 Å². The summed E-state index contributed by atoms with van der Waals surface area (Å²) in [5.74, 6) is -0.496. The molecule has 4 amide bonds. The van der Waals surface area contributed by atoms with E-state index in [0.717, 1.165) is 28.6 Å². The molecule has 0 saturated carbocycles. The first-order chi connectivity index (χ1) is 16.8. The molecule has 8 heteroatoms. The molecule has 2 N–H and O–H groups in total. The van der Waals surface area contributed by atoms with E-state index in [1.54, 1.807) is 29.2 Å². The summed E-state index contributed by atoms with van der Waals surface area (Å²) in [4.78, 5) is 45.9. The first kappa shape index (κ1) is 23.1. The van der Waals surface area contributed by atoms with Crippen molar-refractivity contribution in [2.24, 2.45) is 0 Å². The second kappa shape index (κ2) is 8.85. The number of anilines is 1. The Bertz CT molecular complexity index is 1300. The van der Waals surface area contributed by atoms with Crippen molar-refractivity contribution < 1.29 is 19.1 Å². The minimum atomic E-state index is -1.10. The highest BCUT2D eigenvalue weighted by molar-refractivity contribution is 6.23. The van der Waals surface area contributed by atoms with Crippen LogP contribution in [-0.4, -0.2) is 53.5 Å². The number of para-hydroxylation sites is 1. The van der Waals surface area contributed by atoms with Gasteiger partial charge in [0.1, 0.15) is 0 Å². The van der Waals surface area contributed by atoms with Crippen molar-refractivity contribution >= 4 is 34.4 Å². The Kier molecular flexibility index (Phi) is 5.84. The van der Waals surface area contributed by atoms with Crippen LogP contribution in [0.1, 0.15) is 48.8 Å². The average Bonchev–Trinajstić information content (AvgIpc) is 3.32. The highest BCUT2D eigenvalue weighted by Crippen LogP contribution is 2.45. The van der Waals surface area contributed by atoms with Gasteiger partial charge in [0, 0.05) is 36.2 Å². The van der Waals surface area contributed by atoms with E-state index < -0.39 is 5.54 Å². The zero-order valence-electron chi connectivity index (χ0n) is 20.3. The van der Waals surface area contributed by atoms with Gasteiger partial charge in [-0.2, -0.15) is 0 Å². The van der Waals surface area contributed by atoms with Crippen molar-refractivity contribution in [2.45, 2.75) is 45.3 Å². The average molecular weight is 475 g/mol. The zero-order chi connectivity index (χ0) is 24.7. The SMILES string of the molecule is CC(C)OCCCNC(=O)c1ccc(N2C(=O)N3CCc4c([nH]c5ccccc45)[C@@]3(C)C2=O)cc1. The van der Waals surface area contributed by atoms with Gasteiger partial charge < -0.3 is 19.9 Å². The molecule has 5 rings (SSSR count). The summed E-state index contributed by atoms with van der Waals surface area (Å²) in [5, 5.41) is 3.96. The van der Waals surface area contributed by atoms with Gasteiger partial charge in [0.15, 0.2) is 5.54 Å². The van der Waals surface area contributed by atoms with Crippen LogP contribution >= 0.6 is 0 Å². The Labute approximate surface area is 204 Å². The molecule has 1 aromatic heterocycles. The van der Waals surface area contributed by atoms with Gasteiger partial charge in [-0.15, -0.1) is 0 Å². The monoisotopic (exact) mass is 474 g/mol. The molecule has 182 valence electrons. The summed E-state index contributed by atoms with van der Waals surface area (Å²) < 4.78 is 5.48. The first-order valence-corrected chi connectivity index (χ1v) is 12.1. The summed E-state index contributed by atoms with van der Waals surface area (Å²) in [6.45, 7) is 7.32. The van der Waals surface area contributed by atoms with E-state index in [1.165, 1.54) is 4.90 Å². The van der Waals surface area contributed by atoms with Crippen molar-refractivity contribution in [3.8, 4) is 0 Å². The van der Waals surface area contributed by atoms with E-state index in [-0.39, 0.29) is 23.9 Å². The number of rotatable bonds is 7. The standard InChI is InChI=1S/C27H30N4O4/c1-17(2)35-16-6-14-28-24(32)18-9-11-19(12-10-18)31-25(33)27(3)23-21(13-15-30(27)26(31)34)20-7-4-5-8-22(20)29-23/h4-5,7-12,17,29H,6,13-16H2,1-3H3,(H,28,32)/t27-/m0/s1. The van der Waals surface area contributed by atoms with Crippen LogP contribution in [-0.2, 0) is 21.5 Å². The van der Waals surface area contributed by atoms with Gasteiger partial charge in [-0.1, -0.05) is 18.2 Å². The van der Waals surface area contributed by atoms with E-state index in [1.807, 2.05) is 45.0 Å². The number of nitrogens with one attached hydrogen (secondary N) is 2. The molecule has 1 fully saturated rings. The van der Waals surface area contributed by atoms with Crippen LogP contribution in [0, 0.1) is 0 Å². The molecule has 0 spiro atoms. The molecule has 0 unspecified atom stereocenters. The molecule has 2 aliphatic rings.